The van der Waals surface area contributed by atoms with Gasteiger partial charge in [-0.3, -0.25) is 0 Å². The van der Waals surface area contributed by atoms with Gasteiger partial charge in [0.15, 0.2) is 0 Å². The van der Waals surface area contributed by atoms with E-state index in [4.69, 9.17) is 9.62 Å². The van der Waals surface area contributed by atoms with Gasteiger partial charge in [0.1, 0.15) is 11.5 Å². The van der Waals surface area contributed by atoms with Crippen LogP contribution in [0.1, 0.15) is 11.3 Å². The maximum atomic E-state index is 13.7. The molecule has 0 unspecified atom stereocenters. The maximum absolute atomic E-state index is 13.7. The van der Waals surface area contributed by atoms with Gasteiger partial charge in [-0.2, -0.15) is 0 Å². The molecular weight excluding hydrogens is 547 g/mol. The third-order valence-electron chi connectivity index (χ3n) is 6.57. The molecule has 0 atom stereocenters. The Bertz CT molecular complexity index is 1590. The summed E-state index contributed by atoms with van der Waals surface area (Å²) in [6.07, 6.45) is 0. The molecule has 0 saturated carbocycles. The van der Waals surface area contributed by atoms with Crippen LogP contribution in [0, 0.1) is 5.82 Å². The largest absolute Gasteiger partial charge is 0.343 e. The van der Waals surface area contributed by atoms with Crippen LogP contribution >= 0.6 is 16.1 Å². The van der Waals surface area contributed by atoms with Gasteiger partial charge in [0.25, 0.3) is 0 Å². The van der Waals surface area contributed by atoms with Crippen molar-refractivity contribution in [2.24, 2.45) is 0 Å². The van der Waals surface area contributed by atoms with E-state index >= 15 is 0 Å². The van der Waals surface area contributed by atoms with Crippen molar-refractivity contribution in [2.75, 3.05) is 0 Å². The fourth-order valence-corrected chi connectivity index (χ4v) is 8.82. The predicted molar refractivity (Wildman–Crippen MR) is 168 cm³/mol. The third-order valence-corrected chi connectivity index (χ3v) is 11.0. The van der Waals surface area contributed by atoms with Crippen molar-refractivity contribution in [3.63, 3.8) is 0 Å². The summed E-state index contributed by atoms with van der Waals surface area (Å²) in [4.78, 5) is 0. The van der Waals surface area contributed by atoms with E-state index in [1.165, 1.54) is 22.7 Å². The van der Waals surface area contributed by atoms with Gasteiger partial charge >= 0.3 is 0 Å². The van der Waals surface area contributed by atoms with E-state index in [1.54, 1.807) is 12.1 Å². The lowest BCUT2D eigenvalue weighted by atomic mass is 10.2. The highest BCUT2D eigenvalue weighted by Gasteiger charge is 2.27. The van der Waals surface area contributed by atoms with Crippen molar-refractivity contribution in [3.8, 4) is 0 Å². The highest BCUT2D eigenvalue weighted by molar-refractivity contribution is 7.79. The first-order chi connectivity index (χ1) is 20.3. The fraction of sp³-hybridized carbons (Fsp3) is 0.0588. The number of hydrogen-bond donors (Lipinski definition) is 0. The van der Waals surface area contributed by atoms with E-state index in [1.807, 2.05) is 53.2 Å². The van der Waals surface area contributed by atoms with Gasteiger partial charge in [0.05, 0.1) is 26.7 Å². The van der Waals surface area contributed by atoms with Crippen molar-refractivity contribution in [1.82, 2.24) is 15.0 Å². The van der Waals surface area contributed by atoms with Gasteiger partial charge in [-0.15, -0.1) is 5.10 Å². The van der Waals surface area contributed by atoms with E-state index < -0.39 is 16.1 Å². The van der Waals surface area contributed by atoms with Crippen LogP contribution in [-0.4, -0.2) is 15.0 Å². The summed E-state index contributed by atoms with van der Waals surface area (Å²) in [6, 6.07) is 48.3. The van der Waals surface area contributed by atoms with E-state index in [9.17, 15) is 4.39 Å². The Labute approximate surface area is 242 Å². The number of rotatable bonds is 10. The van der Waals surface area contributed by atoms with Gasteiger partial charge in [0, 0.05) is 18.5 Å². The molecule has 0 radical (unpaired) electrons. The van der Waals surface area contributed by atoms with Crippen LogP contribution < -0.4 is 26.7 Å². The molecule has 0 bridgehead atoms. The molecule has 7 heteroatoms. The molecule has 41 heavy (non-hydrogen) atoms. The molecule has 0 saturated heterocycles. The molecule has 6 rings (SSSR count). The lowest BCUT2D eigenvalue weighted by molar-refractivity contribution is 0.345. The second-order valence-corrected chi connectivity index (χ2v) is 13.4. The predicted octanol–water partition coefficient (Wildman–Crippen LogP) is 5.79. The van der Waals surface area contributed by atoms with Crippen LogP contribution in [0.5, 0.6) is 0 Å². The highest BCUT2D eigenvalue weighted by atomic mass is 31.1. The smallest absolute Gasteiger partial charge is 0.123 e. The molecule has 0 amide bonds. The minimum Gasteiger partial charge on any atom is -0.343 e. The summed E-state index contributed by atoms with van der Waals surface area (Å²) >= 11 is 0. The summed E-state index contributed by atoms with van der Waals surface area (Å²) < 4.78 is 22.4. The van der Waals surface area contributed by atoms with E-state index in [0.717, 1.165) is 27.3 Å². The van der Waals surface area contributed by atoms with Crippen molar-refractivity contribution < 1.29 is 8.91 Å². The zero-order chi connectivity index (χ0) is 27.9. The van der Waals surface area contributed by atoms with Gasteiger partial charge in [-0.05, 0) is 28.3 Å². The first-order valence-electron chi connectivity index (χ1n) is 13.4. The van der Waals surface area contributed by atoms with E-state index in [-0.39, 0.29) is 5.82 Å². The molecular formula is C34H28FN3OP2. The van der Waals surface area contributed by atoms with Crippen LogP contribution in [-0.2, 0) is 17.7 Å². The molecule has 1 heterocycles. The van der Waals surface area contributed by atoms with Crippen LogP contribution in [0.25, 0.3) is 0 Å². The standard InChI is InChI=1S/C34H28FN3OP2/c35-28-23-21-27(22-24-28)25-38-34(40(29-13-5-1-6-14-29)30-15-7-2-8-16-30)33(36-37-38)26-39-41(31-17-9-3-10-18-31)32-19-11-4-12-20-32/h1-24H,25-26H2. The second kappa shape index (κ2) is 13.1. The molecule has 0 fully saturated rings. The Morgan fingerprint density at radius 2 is 1.05 bits per heavy atom. The summed E-state index contributed by atoms with van der Waals surface area (Å²) in [6.45, 7) is 0.792. The SMILES string of the molecule is Fc1ccc(Cn2nnc(COP(c3ccccc3)c3ccccc3)c2P(c2ccccc2)c2ccccc2)cc1. The van der Waals surface area contributed by atoms with Gasteiger partial charge in [-0.1, -0.05) is 139 Å². The number of benzene rings is 5. The Kier molecular flexibility index (Phi) is 8.68. The molecule has 1 aromatic heterocycles. The summed E-state index contributed by atoms with van der Waals surface area (Å²) in [7, 11) is -2.07. The van der Waals surface area contributed by atoms with Crippen LogP contribution in [0.4, 0.5) is 4.39 Å². The molecule has 0 aliphatic heterocycles. The minimum atomic E-state index is -1.07. The topological polar surface area (TPSA) is 39.9 Å². The summed E-state index contributed by atoms with van der Waals surface area (Å²) in [5.74, 6) is -0.257. The number of nitrogens with zero attached hydrogens (tertiary/aromatic N) is 3. The molecule has 6 aromatic rings. The van der Waals surface area contributed by atoms with Gasteiger partial charge in [0.2, 0.25) is 0 Å². The van der Waals surface area contributed by atoms with Gasteiger partial charge < -0.3 is 4.52 Å². The maximum Gasteiger partial charge on any atom is 0.123 e. The average molecular weight is 576 g/mol. The van der Waals surface area contributed by atoms with Crippen molar-refractivity contribution >= 4 is 42.7 Å². The number of halogens is 1. The monoisotopic (exact) mass is 575 g/mol. The Morgan fingerprint density at radius 1 is 0.585 bits per heavy atom. The first kappa shape index (κ1) is 27.2. The molecule has 0 spiro atoms. The van der Waals surface area contributed by atoms with Crippen LogP contribution in [0.15, 0.2) is 146 Å². The molecule has 0 N–H and O–H groups in total. The quantitative estimate of drug-likeness (QED) is 0.194. The molecule has 5 aromatic carbocycles. The number of aromatic nitrogens is 3. The Hall–Kier alpha value is -4.01. The van der Waals surface area contributed by atoms with Crippen molar-refractivity contribution in [2.45, 2.75) is 13.2 Å². The molecule has 4 nitrogen and oxygen atoms in total. The highest BCUT2D eigenvalue weighted by Crippen LogP contribution is 2.38. The zero-order valence-corrected chi connectivity index (χ0v) is 24.1. The van der Waals surface area contributed by atoms with Crippen LogP contribution in [0.3, 0.4) is 0 Å². The Balaban J connectivity index is 1.43. The van der Waals surface area contributed by atoms with E-state index in [2.05, 4.69) is 78.0 Å². The van der Waals surface area contributed by atoms with Crippen molar-refractivity contribution in [1.29, 1.82) is 0 Å². The van der Waals surface area contributed by atoms with Crippen LogP contribution in [0.2, 0.25) is 0 Å². The number of hydrogen-bond acceptors (Lipinski definition) is 3. The Morgan fingerprint density at radius 3 is 1.54 bits per heavy atom. The first-order valence-corrected chi connectivity index (χ1v) is 16.0. The van der Waals surface area contributed by atoms with Crippen molar-refractivity contribution in [3.05, 3.63) is 163 Å². The molecule has 0 aliphatic carbocycles. The zero-order valence-electron chi connectivity index (χ0n) is 22.3. The minimum absolute atomic E-state index is 0.257. The van der Waals surface area contributed by atoms with Gasteiger partial charge in [-0.25, -0.2) is 9.07 Å². The summed E-state index contributed by atoms with van der Waals surface area (Å²) in [5, 5.41) is 14.0. The molecule has 202 valence electrons. The summed E-state index contributed by atoms with van der Waals surface area (Å²) in [5.41, 5.74) is 2.79. The molecule has 0 aliphatic rings. The lowest BCUT2D eigenvalue weighted by Crippen LogP contribution is -2.29. The second-order valence-electron chi connectivity index (χ2n) is 9.39. The average Bonchev–Trinajstić information content (AvgIpc) is 3.42. The normalized spacial score (nSPS) is 11.3. The third kappa shape index (κ3) is 6.50. The lowest BCUT2D eigenvalue weighted by Gasteiger charge is -2.22. The van der Waals surface area contributed by atoms with E-state index in [0.29, 0.717) is 13.2 Å². The fourth-order valence-electron chi connectivity index (χ4n) is 4.65.